The highest BCUT2D eigenvalue weighted by Crippen LogP contribution is 2.31. The Bertz CT molecular complexity index is 666. The number of thioether (sulfide) groups is 1. The second kappa shape index (κ2) is 5.95. The van der Waals surface area contributed by atoms with Crippen molar-refractivity contribution in [3.63, 3.8) is 0 Å². The molecule has 1 aliphatic rings. The molecule has 1 fully saturated rings. The Labute approximate surface area is 130 Å². The van der Waals surface area contributed by atoms with Crippen LogP contribution in [0.1, 0.15) is 10.4 Å². The number of amides is 1. The minimum Gasteiger partial charge on any atom is -0.507 e. The molecule has 0 aliphatic carbocycles. The summed E-state index contributed by atoms with van der Waals surface area (Å²) >= 11 is 3.56. The molecule has 7 heteroatoms. The van der Waals surface area contributed by atoms with Crippen molar-refractivity contribution in [2.75, 3.05) is 29.5 Å². The number of phenols is 1. The van der Waals surface area contributed by atoms with Gasteiger partial charge in [0, 0.05) is 35.5 Å². The summed E-state index contributed by atoms with van der Waals surface area (Å²) in [5.74, 6) is 1.51. The third-order valence-corrected chi connectivity index (χ3v) is 5.18. The zero-order valence-electron chi connectivity index (χ0n) is 11.3. The summed E-state index contributed by atoms with van der Waals surface area (Å²) in [6.45, 7) is 2.03. The van der Waals surface area contributed by atoms with E-state index < -0.39 is 5.91 Å². The number of anilines is 1. The predicted molar refractivity (Wildman–Crippen MR) is 87.3 cm³/mol. The molecule has 0 saturated carbocycles. The van der Waals surface area contributed by atoms with E-state index in [-0.39, 0.29) is 11.3 Å². The number of carbonyl (C=O) groups is 1. The van der Waals surface area contributed by atoms with Gasteiger partial charge in [-0.1, -0.05) is 0 Å². The van der Waals surface area contributed by atoms with Gasteiger partial charge in [-0.05, 0) is 18.2 Å². The number of carbonyl (C=O) groups excluding carboxylic acids is 1. The molecule has 5 nitrogen and oxygen atoms in total. The van der Waals surface area contributed by atoms with E-state index in [0.717, 1.165) is 41.0 Å². The molecule has 0 unspecified atom stereocenters. The first-order valence-corrected chi connectivity index (χ1v) is 8.60. The summed E-state index contributed by atoms with van der Waals surface area (Å²) in [6.07, 6.45) is 0. The van der Waals surface area contributed by atoms with E-state index in [1.807, 2.05) is 17.1 Å². The van der Waals surface area contributed by atoms with Crippen LogP contribution in [-0.4, -0.2) is 40.6 Å². The molecular weight excluding hydrogens is 306 g/mol. The van der Waals surface area contributed by atoms with E-state index in [4.69, 9.17) is 5.73 Å². The lowest BCUT2D eigenvalue weighted by Crippen LogP contribution is -2.32. The van der Waals surface area contributed by atoms with Gasteiger partial charge in [-0.15, -0.1) is 11.3 Å². The monoisotopic (exact) mass is 321 g/mol. The van der Waals surface area contributed by atoms with Crippen LogP contribution in [-0.2, 0) is 0 Å². The van der Waals surface area contributed by atoms with Crippen LogP contribution in [0.25, 0.3) is 11.3 Å². The lowest BCUT2D eigenvalue weighted by atomic mass is 10.1. The Hall–Kier alpha value is -1.73. The van der Waals surface area contributed by atoms with E-state index in [0.29, 0.717) is 0 Å². The topological polar surface area (TPSA) is 79.5 Å². The molecule has 0 spiro atoms. The number of hydrogen-bond acceptors (Lipinski definition) is 6. The molecule has 0 radical (unpaired) electrons. The number of thiazole rings is 1. The van der Waals surface area contributed by atoms with Crippen LogP contribution in [0, 0.1) is 0 Å². The highest BCUT2D eigenvalue weighted by atomic mass is 32.2. The van der Waals surface area contributed by atoms with Crippen molar-refractivity contribution in [1.29, 1.82) is 0 Å². The molecule has 110 valence electrons. The molecule has 1 aromatic carbocycles. The molecule has 21 heavy (non-hydrogen) atoms. The number of primary amides is 1. The first kappa shape index (κ1) is 14.2. The number of aromatic nitrogens is 1. The largest absolute Gasteiger partial charge is 0.507 e. The van der Waals surface area contributed by atoms with Gasteiger partial charge in [0.25, 0.3) is 5.91 Å². The van der Waals surface area contributed by atoms with Crippen LogP contribution in [0.5, 0.6) is 5.75 Å². The smallest absolute Gasteiger partial charge is 0.252 e. The Kier molecular flexibility index (Phi) is 4.03. The van der Waals surface area contributed by atoms with Gasteiger partial charge in [-0.3, -0.25) is 4.79 Å². The van der Waals surface area contributed by atoms with Gasteiger partial charge >= 0.3 is 0 Å². The van der Waals surface area contributed by atoms with E-state index in [2.05, 4.69) is 9.88 Å². The zero-order valence-corrected chi connectivity index (χ0v) is 12.9. The first-order chi connectivity index (χ1) is 10.1. The summed E-state index contributed by atoms with van der Waals surface area (Å²) in [5, 5.41) is 12.6. The van der Waals surface area contributed by atoms with Crippen molar-refractivity contribution in [2.24, 2.45) is 5.73 Å². The lowest BCUT2D eigenvalue weighted by molar-refractivity contribution is 0.0998. The second-order valence-electron chi connectivity index (χ2n) is 4.71. The van der Waals surface area contributed by atoms with Gasteiger partial charge in [0.15, 0.2) is 5.13 Å². The van der Waals surface area contributed by atoms with Gasteiger partial charge in [-0.2, -0.15) is 11.8 Å². The van der Waals surface area contributed by atoms with Crippen LogP contribution in [0.4, 0.5) is 5.13 Å². The maximum absolute atomic E-state index is 11.3. The molecule has 1 aliphatic heterocycles. The first-order valence-electron chi connectivity index (χ1n) is 6.56. The highest BCUT2D eigenvalue weighted by molar-refractivity contribution is 7.99. The molecule has 2 aromatic rings. The van der Waals surface area contributed by atoms with Gasteiger partial charge in [-0.25, -0.2) is 4.98 Å². The molecule has 1 amide bonds. The molecular formula is C14H15N3O2S2. The van der Waals surface area contributed by atoms with Crippen molar-refractivity contribution in [2.45, 2.75) is 0 Å². The van der Waals surface area contributed by atoms with Crippen molar-refractivity contribution in [1.82, 2.24) is 4.98 Å². The van der Waals surface area contributed by atoms with E-state index >= 15 is 0 Å². The van der Waals surface area contributed by atoms with Gasteiger partial charge in [0.2, 0.25) is 0 Å². The molecule has 3 N–H and O–H groups in total. The number of benzene rings is 1. The standard InChI is InChI=1S/C14H15N3O2S2/c15-13(19)10-7-9(1-2-12(10)18)11-8-21-14(16-11)17-3-5-20-6-4-17/h1-2,7-8,18H,3-6H2,(H2,15,19). The number of hydrogen-bond donors (Lipinski definition) is 2. The van der Waals surface area contributed by atoms with Crippen molar-refractivity contribution >= 4 is 34.1 Å². The van der Waals surface area contributed by atoms with Crippen LogP contribution >= 0.6 is 23.1 Å². The van der Waals surface area contributed by atoms with Crippen LogP contribution in [0.2, 0.25) is 0 Å². The van der Waals surface area contributed by atoms with Crippen LogP contribution in [0.3, 0.4) is 0 Å². The highest BCUT2D eigenvalue weighted by Gasteiger charge is 2.16. The fraction of sp³-hybridized carbons (Fsp3) is 0.286. The molecule has 2 heterocycles. The van der Waals surface area contributed by atoms with Crippen LogP contribution in [0.15, 0.2) is 23.6 Å². The number of aromatic hydroxyl groups is 1. The third-order valence-electron chi connectivity index (χ3n) is 3.33. The summed E-state index contributed by atoms with van der Waals surface area (Å²) in [5.41, 5.74) is 6.97. The Morgan fingerprint density at radius 3 is 2.81 bits per heavy atom. The second-order valence-corrected chi connectivity index (χ2v) is 6.77. The van der Waals surface area contributed by atoms with E-state index in [1.165, 1.54) is 6.07 Å². The number of rotatable bonds is 3. The molecule has 1 saturated heterocycles. The Morgan fingerprint density at radius 1 is 1.33 bits per heavy atom. The number of nitrogens with zero attached hydrogens (tertiary/aromatic N) is 2. The average Bonchev–Trinajstić information content (AvgIpc) is 2.98. The minimum atomic E-state index is -0.641. The van der Waals surface area contributed by atoms with Gasteiger partial charge < -0.3 is 15.7 Å². The van der Waals surface area contributed by atoms with E-state index in [9.17, 15) is 9.90 Å². The molecule has 0 bridgehead atoms. The summed E-state index contributed by atoms with van der Waals surface area (Å²) in [4.78, 5) is 18.2. The van der Waals surface area contributed by atoms with E-state index in [1.54, 1.807) is 23.5 Å². The molecule has 0 atom stereocenters. The predicted octanol–water partition coefficient (Wildman–Crippen LogP) is 2.17. The zero-order chi connectivity index (χ0) is 14.8. The summed E-state index contributed by atoms with van der Waals surface area (Å²) < 4.78 is 0. The Morgan fingerprint density at radius 2 is 2.10 bits per heavy atom. The van der Waals surface area contributed by atoms with Crippen LogP contribution < -0.4 is 10.6 Å². The van der Waals surface area contributed by atoms with Gasteiger partial charge in [0.05, 0.1) is 11.3 Å². The Balaban J connectivity index is 1.89. The maximum atomic E-state index is 11.3. The fourth-order valence-electron chi connectivity index (χ4n) is 2.19. The summed E-state index contributed by atoms with van der Waals surface area (Å²) in [7, 11) is 0. The maximum Gasteiger partial charge on any atom is 0.252 e. The molecule has 3 rings (SSSR count). The van der Waals surface area contributed by atoms with Crippen molar-refractivity contribution in [3.8, 4) is 17.0 Å². The number of nitrogens with two attached hydrogens (primary N) is 1. The van der Waals surface area contributed by atoms with Gasteiger partial charge in [0.1, 0.15) is 5.75 Å². The summed E-state index contributed by atoms with van der Waals surface area (Å²) in [6, 6.07) is 4.81. The average molecular weight is 321 g/mol. The minimum absolute atomic E-state index is 0.102. The lowest BCUT2D eigenvalue weighted by Gasteiger charge is -2.25. The fourth-order valence-corrected chi connectivity index (χ4v) is 3.98. The molecule has 1 aromatic heterocycles. The van der Waals surface area contributed by atoms with Crippen molar-refractivity contribution < 1.29 is 9.90 Å². The SMILES string of the molecule is NC(=O)c1cc(-c2csc(N3CCSCC3)n2)ccc1O. The quantitative estimate of drug-likeness (QED) is 0.906. The normalized spacial score (nSPS) is 15.1. The van der Waals surface area contributed by atoms with Crippen molar-refractivity contribution in [3.05, 3.63) is 29.1 Å². The third kappa shape index (κ3) is 2.98.